The van der Waals surface area contributed by atoms with E-state index in [4.69, 9.17) is 4.74 Å². The second-order valence-corrected chi connectivity index (χ2v) is 7.98. The molecule has 2 fully saturated rings. The molecule has 4 rings (SSSR count). The second kappa shape index (κ2) is 9.31. The van der Waals surface area contributed by atoms with Gasteiger partial charge in [-0.25, -0.2) is 0 Å². The summed E-state index contributed by atoms with van der Waals surface area (Å²) in [6.07, 6.45) is 3.89. The van der Waals surface area contributed by atoms with Crippen molar-refractivity contribution in [1.82, 2.24) is 5.32 Å². The normalized spacial score (nSPS) is 18.4. The first-order valence-electron chi connectivity index (χ1n) is 10.8. The first kappa shape index (κ1) is 19.8. The molecule has 5 heteroatoms. The molecule has 1 N–H and O–H groups in total. The maximum absolute atomic E-state index is 12.7. The number of ether oxygens (including phenoxy) is 1. The summed E-state index contributed by atoms with van der Waals surface area (Å²) in [5, 5.41) is 3.12. The lowest BCUT2D eigenvalue weighted by molar-refractivity contribution is 0.0940. The zero-order valence-corrected chi connectivity index (χ0v) is 17.3. The molecule has 0 aromatic heterocycles. The fourth-order valence-corrected chi connectivity index (χ4v) is 4.13. The summed E-state index contributed by atoms with van der Waals surface area (Å²) in [6.45, 7) is 7.65. The molecule has 2 saturated heterocycles. The van der Waals surface area contributed by atoms with Crippen LogP contribution in [0.15, 0.2) is 48.5 Å². The van der Waals surface area contributed by atoms with Crippen LogP contribution in [0.2, 0.25) is 0 Å². The summed E-state index contributed by atoms with van der Waals surface area (Å²) in [7, 11) is 0. The van der Waals surface area contributed by atoms with Crippen LogP contribution in [0.4, 0.5) is 11.4 Å². The molecule has 2 aromatic carbocycles. The van der Waals surface area contributed by atoms with Gasteiger partial charge < -0.3 is 19.9 Å². The summed E-state index contributed by atoms with van der Waals surface area (Å²) >= 11 is 0. The monoisotopic (exact) mass is 393 g/mol. The average Bonchev–Trinajstić information content (AvgIpc) is 2.80. The van der Waals surface area contributed by atoms with Gasteiger partial charge in [-0.1, -0.05) is 12.1 Å². The van der Waals surface area contributed by atoms with Crippen molar-refractivity contribution in [3.8, 4) is 0 Å². The van der Waals surface area contributed by atoms with Crippen LogP contribution in [0.25, 0.3) is 0 Å². The first-order chi connectivity index (χ1) is 14.2. The zero-order valence-electron chi connectivity index (χ0n) is 17.3. The minimum atomic E-state index is -0.0360. The summed E-state index contributed by atoms with van der Waals surface area (Å²) in [5.74, 6) is -0.0360. The molecule has 2 aromatic rings. The molecule has 5 nitrogen and oxygen atoms in total. The number of amides is 1. The first-order valence-corrected chi connectivity index (χ1v) is 10.8. The highest BCUT2D eigenvalue weighted by Crippen LogP contribution is 2.23. The molecule has 154 valence electrons. The van der Waals surface area contributed by atoms with Crippen molar-refractivity contribution >= 4 is 17.3 Å². The Morgan fingerprint density at radius 2 is 1.38 bits per heavy atom. The maximum Gasteiger partial charge on any atom is 0.251 e. The fraction of sp³-hybridized carbons (Fsp3) is 0.458. The lowest BCUT2D eigenvalue weighted by Gasteiger charge is -2.29. The molecule has 29 heavy (non-hydrogen) atoms. The van der Waals surface area contributed by atoms with E-state index in [1.807, 2.05) is 31.2 Å². The molecule has 0 unspecified atom stereocenters. The minimum absolute atomic E-state index is 0.0307. The Morgan fingerprint density at radius 3 is 2.00 bits per heavy atom. The summed E-state index contributed by atoms with van der Waals surface area (Å²) in [5.41, 5.74) is 4.25. The summed E-state index contributed by atoms with van der Waals surface area (Å²) < 4.78 is 5.40. The number of nitrogens with one attached hydrogen (secondary N) is 1. The SMILES string of the molecule is C[C@@H](NC(=O)c1ccc(N2CCOCC2)cc1)c1ccc(N2CCCCC2)cc1. The third-order valence-corrected chi connectivity index (χ3v) is 5.97. The lowest BCUT2D eigenvalue weighted by atomic mass is 10.1. The third-order valence-electron chi connectivity index (χ3n) is 5.97. The highest BCUT2D eigenvalue weighted by atomic mass is 16.5. The Morgan fingerprint density at radius 1 is 0.828 bits per heavy atom. The van der Waals surface area contributed by atoms with Crippen LogP contribution >= 0.6 is 0 Å². The Hall–Kier alpha value is -2.53. The van der Waals surface area contributed by atoms with Crippen LogP contribution in [0.1, 0.15) is 48.1 Å². The third kappa shape index (κ3) is 4.91. The number of benzene rings is 2. The Bertz CT molecular complexity index is 792. The molecule has 0 radical (unpaired) electrons. The van der Waals surface area contributed by atoms with E-state index in [0.29, 0.717) is 5.56 Å². The predicted molar refractivity (Wildman–Crippen MR) is 118 cm³/mol. The van der Waals surface area contributed by atoms with Crippen molar-refractivity contribution in [2.24, 2.45) is 0 Å². The van der Waals surface area contributed by atoms with Gasteiger partial charge in [-0.05, 0) is 68.1 Å². The molecule has 1 atom stereocenters. The summed E-state index contributed by atoms with van der Waals surface area (Å²) in [6, 6.07) is 16.5. The van der Waals surface area contributed by atoms with Crippen molar-refractivity contribution in [3.63, 3.8) is 0 Å². The highest BCUT2D eigenvalue weighted by molar-refractivity contribution is 5.94. The zero-order chi connectivity index (χ0) is 20.1. The molecule has 2 aliphatic rings. The van der Waals surface area contributed by atoms with Crippen molar-refractivity contribution in [3.05, 3.63) is 59.7 Å². The number of piperidine rings is 1. The van der Waals surface area contributed by atoms with Gasteiger partial charge in [-0.3, -0.25) is 4.79 Å². The van der Waals surface area contributed by atoms with E-state index in [1.54, 1.807) is 0 Å². The Labute approximate surface area is 173 Å². The van der Waals surface area contributed by atoms with Gasteiger partial charge in [0.1, 0.15) is 0 Å². The number of morpholine rings is 1. The number of carbonyl (C=O) groups excluding carboxylic acids is 1. The van der Waals surface area contributed by atoms with Gasteiger partial charge in [0.2, 0.25) is 0 Å². The van der Waals surface area contributed by atoms with Crippen molar-refractivity contribution in [2.45, 2.75) is 32.2 Å². The molecule has 2 heterocycles. The maximum atomic E-state index is 12.7. The number of nitrogens with zero attached hydrogens (tertiary/aromatic N) is 2. The number of hydrogen-bond acceptors (Lipinski definition) is 4. The Kier molecular flexibility index (Phi) is 6.35. The Balaban J connectivity index is 1.35. The summed E-state index contributed by atoms with van der Waals surface area (Å²) in [4.78, 5) is 17.4. The highest BCUT2D eigenvalue weighted by Gasteiger charge is 2.15. The van der Waals surface area contributed by atoms with Crippen LogP contribution in [0.5, 0.6) is 0 Å². The van der Waals surface area contributed by atoms with E-state index in [-0.39, 0.29) is 11.9 Å². The molecule has 0 spiro atoms. The molecule has 0 bridgehead atoms. The van der Waals surface area contributed by atoms with E-state index in [2.05, 4.69) is 39.4 Å². The van der Waals surface area contributed by atoms with E-state index in [1.165, 1.54) is 24.9 Å². The topological polar surface area (TPSA) is 44.8 Å². The van der Waals surface area contributed by atoms with Crippen molar-refractivity contribution in [1.29, 1.82) is 0 Å². The van der Waals surface area contributed by atoms with Gasteiger partial charge in [-0.2, -0.15) is 0 Å². The van der Waals surface area contributed by atoms with Crippen LogP contribution in [0.3, 0.4) is 0 Å². The van der Waals surface area contributed by atoms with E-state index < -0.39 is 0 Å². The van der Waals surface area contributed by atoms with Crippen LogP contribution in [-0.2, 0) is 4.74 Å². The van der Waals surface area contributed by atoms with Crippen molar-refractivity contribution < 1.29 is 9.53 Å². The largest absolute Gasteiger partial charge is 0.378 e. The van der Waals surface area contributed by atoms with E-state index >= 15 is 0 Å². The van der Waals surface area contributed by atoms with Gasteiger partial charge in [-0.15, -0.1) is 0 Å². The second-order valence-electron chi connectivity index (χ2n) is 7.98. The number of hydrogen-bond donors (Lipinski definition) is 1. The van der Waals surface area contributed by atoms with Gasteiger partial charge in [0, 0.05) is 43.1 Å². The smallest absolute Gasteiger partial charge is 0.251 e. The standard InChI is InChI=1S/C24H31N3O2/c1-19(20-5-9-22(10-6-20)26-13-3-2-4-14-26)25-24(28)21-7-11-23(12-8-21)27-15-17-29-18-16-27/h5-12,19H,2-4,13-18H2,1H3,(H,25,28)/t19-/m1/s1. The number of anilines is 2. The molecule has 2 aliphatic heterocycles. The van der Waals surface area contributed by atoms with E-state index in [9.17, 15) is 4.79 Å². The fourth-order valence-electron chi connectivity index (χ4n) is 4.13. The van der Waals surface area contributed by atoms with Crippen LogP contribution in [0, 0.1) is 0 Å². The lowest BCUT2D eigenvalue weighted by Crippen LogP contribution is -2.36. The molecular formula is C24H31N3O2. The predicted octanol–water partition coefficient (Wildman–Crippen LogP) is 4.00. The average molecular weight is 394 g/mol. The van der Waals surface area contributed by atoms with Gasteiger partial charge in [0.05, 0.1) is 19.3 Å². The molecule has 0 saturated carbocycles. The van der Waals surface area contributed by atoms with Gasteiger partial charge in [0.25, 0.3) is 5.91 Å². The van der Waals surface area contributed by atoms with Gasteiger partial charge >= 0.3 is 0 Å². The van der Waals surface area contributed by atoms with Crippen LogP contribution < -0.4 is 15.1 Å². The molecule has 0 aliphatic carbocycles. The van der Waals surface area contributed by atoms with E-state index in [0.717, 1.165) is 50.6 Å². The number of rotatable bonds is 5. The molecular weight excluding hydrogens is 362 g/mol. The quantitative estimate of drug-likeness (QED) is 0.834. The number of carbonyl (C=O) groups is 1. The minimum Gasteiger partial charge on any atom is -0.378 e. The van der Waals surface area contributed by atoms with Crippen LogP contribution in [-0.4, -0.2) is 45.3 Å². The molecule has 1 amide bonds. The van der Waals surface area contributed by atoms with Gasteiger partial charge in [0.15, 0.2) is 0 Å². The van der Waals surface area contributed by atoms with Crippen molar-refractivity contribution in [2.75, 3.05) is 49.2 Å².